The number of aromatic nitrogens is 2. The van der Waals surface area contributed by atoms with Gasteiger partial charge in [0.05, 0.1) is 17.6 Å². The van der Waals surface area contributed by atoms with E-state index in [1.807, 2.05) is 48.1 Å². The molecular formula is C20H20FN3OS. The van der Waals surface area contributed by atoms with Crippen LogP contribution in [0, 0.1) is 5.82 Å². The average molecular weight is 369 g/mol. The standard InChI is InChI=1S/C20H20FN3OS/c1-23(13-15-8-10-17(21)11-9-15)19(25)14-26-20-22-12-18(24(20)2)16-6-4-3-5-7-16/h3-12H,13-14H2,1-2H3. The fourth-order valence-corrected chi connectivity index (χ4v) is 3.48. The van der Waals surface area contributed by atoms with E-state index in [1.165, 1.54) is 23.9 Å². The predicted octanol–water partition coefficient (Wildman–Crippen LogP) is 3.98. The topological polar surface area (TPSA) is 38.1 Å². The fourth-order valence-electron chi connectivity index (χ4n) is 2.59. The molecule has 1 heterocycles. The summed E-state index contributed by atoms with van der Waals surface area (Å²) in [7, 11) is 3.70. The van der Waals surface area contributed by atoms with E-state index in [0.717, 1.165) is 22.0 Å². The van der Waals surface area contributed by atoms with Gasteiger partial charge in [0.2, 0.25) is 5.91 Å². The van der Waals surface area contributed by atoms with E-state index >= 15 is 0 Å². The Bertz CT molecular complexity index is 878. The van der Waals surface area contributed by atoms with Gasteiger partial charge in [-0.25, -0.2) is 9.37 Å². The van der Waals surface area contributed by atoms with Crippen molar-refractivity contribution < 1.29 is 9.18 Å². The van der Waals surface area contributed by atoms with Gasteiger partial charge in [0.15, 0.2) is 5.16 Å². The van der Waals surface area contributed by atoms with Crippen LogP contribution in [0.2, 0.25) is 0 Å². The van der Waals surface area contributed by atoms with E-state index in [1.54, 1.807) is 24.1 Å². The molecule has 0 atom stereocenters. The molecule has 0 spiro atoms. The van der Waals surface area contributed by atoms with Crippen LogP contribution in [-0.4, -0.2) is 33.2 Å². The quantitative estimate of drug-likeness (QED) is 0.617. The summed E-state index contributed by atoms with van der Waals surface area (Å²) in [5.74, 6) is 0.0300. The smallest absolute Gasteiger partial charge is 0.233 e. The summed E-state index contributed by atoms with van der Waals surface area (Å²) in [4.78, 5) is 18.4. The number of hydrogen-bond donors (Lipinski definition) is 0. The van der Waals surface area contributed by atoms with Crippen molar-refractivity contribution in [2.45, 2.75) is 11.7 Å². The minimum absolute atomic E-state index is 0.00332. The van der Waals surface area contributed by atoms with Crippen LogP contribution in [-0.2, 0) is 18.4 Å². The van der Waals surface area contributed by atoms with Crippen molar-refractivity contribution in [1.82, 2.24) is 14.5 Å². The third-order valence-corrected chi connectivity index (χ3v) is 5.13. The molecule has 134 valence electrons. The largest absolute Gasteiger partial charge is 0.341 e. The number of amides is 1. The minimum Gasteiger partial charge on any atom is -0.341 e. The summed E-state index contributed by atoms with van der Waals surface area (Å²) < 4.78 is 15.0. The van der Waals surface area contributed by atoms with Gasteiger partial charge in [0, 0.05) is 20.6 Å². The first kappa shape index (κ1) is 18.2. The SMILES string of the molecule is CN(Cc1ccc(F)cc1)C(=O)CSc1ncc(-c2ccccc2)n1C. The zero-order valence-electron chi connectivity index (χ0n) is 14.7. The van der Waals surface area contributed by atoms with Gasteiger partial charge in [-0.2, -0.15) is 0 Å². The molecule has 26 heavy (non-hydrogen) atoms. The minimum atomic E-state index is -0.276. The van der Waals surface area contributed by atoms with E-state index in [0.29, 0.717) is 12.3 Å². The Kier molecular flexibility index (Phi) is 5.73. The van der Waals surface area contributed by atoms with Crippen LogP contribution in [0.3, 0.4) is 0 Å². The monoisotopic (exact) mass is 369 g/mol. The van der Waals surface area contributed by atoms with Gasteiger partial charge in [-0.05, 0) is 23.3 Å². The third-order valence-electron chi connectivity index (χ3n) is 4.10. The normalized spacial score (nSPS) is 10.7. The van der Waals surface area contributed by atoms with Crippen LogP contribution in [0.25, 0.3) is 11.3 Å². The Balaban J connectivity index is 1.59. The molecule has 3 aromatic rings. The molecule has 0 saturated carbocycles. The Labute approximate surface area is 156 Å². The van der Waals surface area contributed by atoms with Crippen molar-refractivity contribution in [3.8, 4) is 11.3 Å². The summed E-state index contributed by atoms with van der Waals surface area (Å²) in [6.45, 7) is 0.454. The van der Waals surface area contributed by atoms with Crippen molar-refractivity contribution in [1.29, 1.82) is 0 Å². The van der Waals surface area contributed by atoms with E-state index < -0.39 is 0 Å². The number of carbonyl (C=O) groups is 1. The lowest BCUT2D eigenvalue weighted by atomic mass is 10.2. The van der Waals surface area contributed by atoms with Crippen molar-refractivity contribution in [3.63, 3.8) is 0 Å². The first-order chi connectivity index (χ1) is 12.5. The van der Waals surface area contributed by atoms with E-state index in [9.17, 15) is 9.18 Å². The zero-order chi connectivity index (χ0) is 18.5. The lowest BCUT2D eigenvalue weighted by Gasteiger charge is -2.17. The fraction of sp³-hybridized carbons (Fsp3) is 0.200. The summed E-state index contributed by atoms with van der Waals surface area (Å²) in [5, 5.41) is 0.799. The van der Waals surface area contributed by atoms with Crippen LogP contribution >= 0.6 is 11.8 Å². The predicted molar refractivity (Wildman–Crippen MR) is 102 cm³/mol. The highest BCUT2D eigenvalue weighted by molar-refractivity contribution is 7.99. The second-order valence-electron chi connectivity index (χ2n) is 6.02. The number of carbonyl (C=O) groups excluding carboxylic acids is 1. The number of halogens is 1. The molecule has 1 aromatic heterocycles. The van der Waals surface area contributed by atoms with E-state index in [4.69, 9.17) is 0 Å². The Morgan fingerprint density at radius 2 is 1.85 bits per heavy atom. The molecule has 0 aliphatic heterocycles. The number of nitrogens with zero attached hydrogens (tertiary/aromatic N) is 3. The zero-order valence-corrected chi connectivity index (χ0v) is 15.5. The molecule has 0 radical (unpaired) electrons. The molecule has 3 rings (SSSR count). The molecule has 1 amide bonds. The number of imidazole rings is 1. The Morgan fingerprint density at radius 3 is 2.54 bits per heavy atom. The van der Waals surface area contributed by atoms with Crippen molar-refractivity contribution in [2.75, 3.05) is 12.8 Å². The Morgan fingerprint density at radius 1 is 1.15 bits per heavy atom. The molecule has 4 nitrogen and oxygen atoms in total. The van der Waals surface area contributed by atoms with Gasteiger partial charge < -0.3 is 9.47 Å². The summed E-state index contributed by atoms with van der Waals surface area (Å²) >= 11 is 1.41. The maximum Gasteiger partial charge on any atom is 0.233 e. The molecule has 0 aliphatic rings. The second-order valence-corrected chi connectivity index (χ2v) is 6.96. The maximum atomic E-state index is 13.0. The highest BCUT2D eigenvalue weighted by Gasteiger charge is 2.14. The van der Waals surface area contributed by atoms with Crippen LogP contribution < -0.4 is 0 Å². The maximum absolute atomic E-state index is 13.0. The van der Waals surface area contributed by atoms with Gasteiger partial charge >= 0.3 is 0 Å². The van der Waals surface area contributed by atoms with Gasteiger partial charge in [-0.1, -0.05) is 54.2 Å². The van der Waals surface area contributed by atoms with E-state index in [-0.39, 0.29) is 11.7 Å². The summed E-state index contributed by atoms with van der Waals surface area (Å²) in [6.07, 6.45) is 1.82. The van der Waals surface area contributed by atoms with Gasteiger partial charge in [0.25, 0.3) is 0 Å². The number of thioether (sulfide) groups is 1. The first-order valence-electron chi connectivity index (χ1n) is 8.23. The van der Waals surface area contributed by atoms with Crippen molar-refractivity contribution >= 4 is 17.7 Å². The second kappa shape index (κ2) is 8.19. The molecule has 0 N–H and O–H groups in total. The van der Waals surface area contributed by atoms with Crippen LogP contribution in [0.15, 0.2) is 66.0 Å². The molecule has 6 heteroatoms. The van der Waals surface area contributed by atoms with Crippen LogP contribution in [0.1, 0.15) is 5.56 Å². The van der Waals surface area contributed by atoms with Crippen LogP contribution in [0.5, 0.6) is 0 Å². The molecule has 2 aromatic carbocycles. The molecular weight excluding hydrogens is 349 g/mol. The highest BCUT2D eigenvalue weighted by atomic mass is 32.2. The summed E-state index contributed by atoms with van der Waals surface area (Å²) in [5.41, 5.74) is 3.00. The number of rotatable bonds is 6. The summed E-state index contributed by atoms with van der Waals surface area (Å²) in [6, 6.07) is 16.2. The van der Waals surface area contributed by atoms with Gasteiger partial charge in [-0.3, -0.25) is 4.79 Å². The number of benzene rings is 2. The van der Waals surface area contributed by atoms with Crippen molar-refractivity contribution in [3.05, 3.63) is 72.2 Å². The molecule has 0 fully saturated rings. The van der Waals surface area contributed by atoms with Crippen molar-refractivity contribution in [2.24, 2.45) is 7.05 Å². The third kappa shape index (κ3) is 4.32. The Hall–Kier alpha value is -2.60. The first-order valence-corrected chi connectivity index (χ1v) is 9.21. The van der Waals surface area contributed by atoms with Gasteiger partial charge in [-0.15, -0.1) is 0 Å². The number of hydrogen-bond acceptors (Lipinski definition) is 3. The lowest BCUT2D eigenvalue weighted by molar-refractivity contribution is -0.127. The molecule has 0 saturated heterocycles. The van der Waals surface area contributed by atoms with Crippen LogP contribution in [0.4, 0.5) is 4.39 Å². The highest BCUT2D eigenvalue weighted by Crippen LogP contribution is 2.24. The lowest BCUT2D eigenvalue weighted by Crippen LogP contribution is -2.27. The molecule has 0 aliphatic carbocycles. The van der Waals surface area contributed by atoms with Gasteiger partial charge in [0.1, 0.15) is 5.82 Å². The molecule has 0 unspecified atom stereocenters. The average Bonchev–Trinajstić information content (AvgIpc) is 3.03. The molecule has 0 bridgehead atoms. The van der Waals surface area contributed by atoms with E-state index in [2.05, 4.69) is 4.98 Å².